The fraction of sp³-hybridized carbons (Fsp3) is 0.300. The number of methoxy groups -OCH3 is 1. The van der Waals surface area contributed by atoms with Gasteiger partial charge in [0.1, 0.15) is 5.75 Å². The summed E-state index contributed by atoms with van der Waals surface area (Å²) >= 11 is 3.46. The number of rotatable bonds is 5. The number of nitro benzene ring substituents is 1. The highest BCUT2D eigenvalue weighted by molar-refractivity contribution is 9.10. The summed E-state index contributed by atoms with van der Waals surface area (Å²) in [5.74, 6) is -0.800. The Bertz CT molecular complexity index is 1010. The molecule has 3 rings (SSSR count). The third-order valence-electron chi connectivity index (χ3n) is 4.92. The molecular formula is C20H20BrN3O5. The van der Waals surface area contributed by atoms with E-state index < -0.39 is 10.8 Å². The van der Waals surface area contributed by atoms with Crippen molar-refractivity contribution in [3.63, 3.8) is 0 Å². The lowest BCUT2D eigenvalue weighted by Crippen LogP contribution is -2.28. The number of hydrogen-bond donors (Lipinski definition) is 1. The Hall–Kier alpha value is -2.94. The number of carbonyl (C=O) groups excluding carboxylic acids is 2. The standard InChI is InChI=1S/C20H20BrN3O5/c1-11-7-16(12(2)6-15(11)21)22-20(26)13-8-19(25)23(10-13)17-5-4-14(24(27)28)9-18(17)29-3/h4-7,9,13H,8,10H2,1-3H3,(H,22,26)/t13-/m0/s1. The topological polar surface area (TPSA) is 102 Å². The van der Waals surface area contributed by atoms with Gasteiger partial charge in [-0.1, -0.05) is 15.9 Å². The van der Waals surface area contributed by atoms with Crippen LogP contribution in [0.25, 0.3) is 0 Å². The normalized spacial score (nSPS) is 16.1. The van der Waals surface area contributed by atoms with Crippen LogP contribution in [0.4, 0.5) is 17.1 Å². The van der Waals surface area contributed by atoms with Crippen molar-refractivity contribution >= 4 is 44.8 Å². The highest BCUT2D eigenvalue weighted by Crippen LogP contribution is 2.36. The molecule has 0 bridgehead atoms. The summed E-state index contributed by atoms with van der Waals surface area (Å²) in [5.41, 5.74) is 2.89. The molecule has 1 aliphatic rings. The molecule has 2 aromatic carbocycles. The van der Waals surface area contributed by atoms with Gasteiger partial charge < -0.3 is 15.0 Å². The first-order chi connectivity index (χ1) is 13.7. The van der Waals surface area contributed by atoms with E-state index >= 15 is 0 Å². The summed E-state index contributed by atoms with van der Waals surface area (Å²) in [6, 6.07) is 7.86. The number of amides is 2. The second kappa shape index (κ2) is 8.20. The van der Waals surface area contributed by atoms with Gasteiger partial charge in [-0.2, -0.15) is 0 Å². The summed E-state index contributed by atoms with van der Waals surface area (Å²) < 4.78 is 6.18. The fourth-order valence-corrected chi connectivity index (χ4v) is 3.73. The van der Waals surface area contributed by atoms with Gasteiger partial charge in [-0.05, 0) is 43.2 Å². The second-order valence-corrected chi connectivity index (χ2v) is 7.78. The number of ether oxygens (including phenoxy) is 1. The summed E-state index contributed by atoms with van der Waals surface area (Å²) in [6.45, 7) is 4.00. The van der Waals surface area contributed by atoms with Gasteiger partial charge in [-0.3, -0.25) is 19.7 Å². The van der Waals surface area contributed by atoms with Crippen molar-refractivity contribution in [2.45, 2.75) is 20.3 Å². The maximum atomic E-state index is 12.8. The van der Waals surface area contributed by atoms with Crippen LogP contribution in [0.3, 0.4) is 0 Å². The molecule has 2 aromatic rings. The number of carbonyl (C=O) groups is 2. The van der Waals surface area contributed by atoms with E-state index in [9.17, 15) is 19.7 Å². The van der Waals surface area contributed by atoms with Crippen molar-refractivity contribution in [2.75, 3.05) is 23.9 Å². The molecule has 8 nitrogen and oxygen atoms in total. The molecule has 2 amide bonds. The Balaban J connectivity index is 1.79. The van der Waals surface area contributed by atoms with Crippen molar-refractivity contribution in [3.05, 3.63) is 56.0 Å². The number of nitro groups is 1. The van der Waals surface area contributed by atoms with E-state index in [-0.39, 0.29) is 36.2 Å². The highest BCUT2D eigenvalue weighted by atomic mass is 79.9. The minimum Gasteiger partial charge on any atom is -0.494 e. The SMILES string of the molecule is COc1cc([N+](=O)[O-])ccc1N1C[C@@H](C(=O)Nc2cc(C)c(Br)cc2C)CC1=O. The minimum atomic E-state index is -0.536. The smallest absolute Gasteiger partial charge is 0.273 e. The number of non-ortho nitro benzene ring substituents is 1. The molecule has 1 heterocycles. The van der Waals surface area contributed by atoms with Crippen LogP contribution in [0.1, 0.15) is 17.5 Å². The molecule has 152 valence electrons. The number of nitrogens with one attached hydrogen (secondary N) is 1. The minimum absolute atomic E-state index is 0.0561. The van der Waals surface area contributed by atoms with Gasteiger partial charge in [0, 0.05) is 29.2 Å². The van der Waals surface area contributed by atoms with Crippen LogP contribution >= 0.6 is 15.9 Å². The first kappa shape index (κ1) is 20.8. The van der Waals surface area contributed by atoms with Crippen LogP contribution in [-0.2, 0) is 9.59 Å². The molecule has 1 atom stereocenters. The van der Waals surface area contributed by atoms with E-state index in [4.69, 9.17) is 4.74 Å². The maximum Gasteiger partial charge on any atom is 0.273 e. The number of halogens is 1. The largest absolute Gasteiger partial charge is 0.494 e. The molecule has 0 spiro atoms. The van der Waals surface area contributed by atoms with Gasteiger partial charge in [0.25, 0.3) is 5.69 Å². The van der Waals surface area contributed by atoms with E-state index in [1.807, 2.05) is 26.0 Å². The molecule has 0 aliphatic carbocycles. The lowest BCUT2D eigenvalue weighted by molar-refractivity contribution is -0.384. The van der Waals surface area contributed by atoms with Crippen LogP contribution in [0.5, 0.6) is 5.75 Å². The number of hydrogen-bond acceptors (Lipinski definition) is 5. The summed E-state index contributed by atoms with van der Waals surface area (Å²) in [5, 5.41) is 13.9. The van der Waals surface area contributed by atoms with Crippen LogP contribution in [-0.4, -0.2) is 30.4 Å². The molecule has 1 aliphatic heterocycles. The summed E-state index contributed by atoms with van der Waals surface area (Å²) in [6.07, 6.45) is 0.0561. The Labute approximate surface area is 176 Å². The Morgan fingerprint density at radius 1 is 1.28 bits per heavy atom. The van der Waals surface area contributed by atoms with Gasteiger partial charge in [0.05, 0.1) is 29.7 Å². The summed E-state index contributed by atoms with van der Waals surface area (Å²) in [4.78, 5) is 37.2. The second-order valence-electron chi connectivity index (χ2n) is 6.92. The van der Waals surface area contributed by atoms with Crippen molar-refractivity contribution in [1.29, 1.82) is 0 Å². The Kier molecular flexibility index (Phi) is 5.88. The molecule has 0 saturated carbocycles. The van der Waals surface area contributed by atoms with Gasteiger partial charge in [0.2, 0.25) is 11.8 Å². The molecule has 0 aromatic heterocycles. The van der Waals surface area contributed by atoms with Crippen LogP contribution < -0.4 is 15.0 Å². The Morgan fingerprint density at radius 2 is 2.00 bits per heavy atom. The molecule has 1 saturated heterocycles. The quantitative estimate of drug-likeness (QED) is 0.535. The first-order valence-corrected chi connectivity index (χ1v) is 9.71. The number of anilines is 2. The molecule has 29 heavy (non-hydrogen) atoms. The number of nitrogens with zero attached hydrogens (tertiary/aromatic N) is 2. The van der Waals surface area contributed by atoms with E-state index in [1.54, 1.807) is 0 Å². The van der Waals surface area contributed by atoms with E-state index in [2.05, 4.69) is 21.2 Å². The molecule has 1 N–H and O–H groups in total. The molecular weight excluding hydrogens is 442 g/mol. The van der Waals surface area contributed by atoms with Crippen molar-refractivity contribution in [2.24, 2.45) is 5.92 Å². The lowest BCUT2D eigenvalue weighted by Gasteiger charge is -2.19. The predicted octanol–water partition coefficient (Wildman–Crippen LogP) is 3.97. The van der Waals surface area contributed by atoms with E-state index in [0.717, 1.165) is 15.6 Å². The summed E-state index contributed by atoms with van der Waals surface area (Å²) in [7, 11) is 1.38. The third kappa shape index (κ3) is 4.24. The third-order valence-corrected chi connectivity index (χ3v) is 5.78. The molecule has 9 heteroatoms. The van der Waals surface area contributed by atoms with Crippen LogP contribution in [0, 0.1) is 29.9 Å². The highest BCUT2D eigenvalue weighted by Gasteiger charge is 2.36. The fourth-order valence-electron chi connectivity index (χ4n) is 3.27. The van der Waals surface area contributed by atoms with Crippen LogP contribution in [0.15, 0.2) is 34.8 Å². The lowest BCUT2D eigenvalue weighted by atomic mass is 10.1. The average Bonchev–Trinajstić information content (AvgIpc) is 3.07. The zero-order valence-electron chi connectivity index (χ0n) is 16.2. The first-order valence-electron chi connectivity index (χ1n) is 8.91. The average molecular weight is 462 g/mol. The Morgan fingerprint density at radius 3 is 2.66 bits per heavy atom. The van der Waals surface area contributed by atoms with Crippen LogP contribution in [0.2, 0.25) is 0 Å². The van der Waals surface area contributed by atoms with Crippen molar-refractivity contribution in [3.8, 4) is 5.75 Å². The van der Waals surface area contributed by atoms with Gasteiger partial charge in [0.15, 0.2) is 0 Å². The number of aryl methyl sites for hydroxylation is 2. The van der Waals surface area contributed by atoms with Crippen molar-refractivity contribution < 1.29 is 19.2 Å². The van der Waals surface area contributed by atoms with Gasteiger partial charge >= 0.3 is 0 Å². The van der Waals surface area contributed by atoms with Crippen molar-refractivity contribution in [1.82, 2.24) is 0 Å². The van der Waals surface area contributed by atoms with Gasteiger partial charge in [-0.25, -0.2) is 0 Å². The van der Waals surface area contributed by atoms with E-state index in [0.29, 0.717) is 11.4 Å². The zero-order chi connectivity index (χ0) is 21.3. The molecule has 0 unspecified atom stereocenters. The number of benzene rings is 2. The zero-order valence-corrected chi connectivity index (χ0v) is 17.8. The monoisotopic (exact) mass is 461 g/mol. The van der Waals surface area contributed by atoms with Gasteiger partial charge in [-0.15, -0.1) is 0 Å². The molecule has 1 fully saturated rings. The van der Waals surface area contributed by atoms with E-state index in [1.165, 1.54) is 30.2 Å². The maximum absolute atomic E-state index is 12.8. The molecule has 0 radical (unpaired) electrons. The predicted molar refractivity (Wildman–Crippen MR) is 112 cm³/mol.